The molecule has 0 saturated carbocycles. The second kappa shape index (κ2) is 7.44. The highest BCUT2D eigenvalue weighted by Gasteiger charge is 2.00. The molecule has 94 valence electrons. The van der Waals surface area contributed by atoms with Crippen molar-refractivity contribution in [1.82, 2.24) is 5.32 Å². The fourth-order valence-corrected chi connectivity index (χ4v) is 3.00. The van der Waals surface area contributed by atoms with Crippen LogP contribution in [0.2, 0.25) is 5.22 Å². The minimum absolute atomic E-state index is 0. The molecule has 0 amide bonds. The van der Waals surface area contributed by atoms with E-state index in [1.165, 1.54) is 8.66 Å². The van der Waals surface area contributed by atoms with E-state index < -0.39 is 0 Å². The van der Waals surface area contributed by atoms with E-state index >= 15 is 0 Å². The van der Waals surface area contributed by atoms with Crippen LogP contribution in [0.4, 0.5) is 0 Å². The molecule has 0 aromatic carbocycles. The van der Waals surface area contributed by atoms with Gasteiger partial charge in [-0.3, -0.25) is 0 Å². The maximum Gasteiger partial charge on any atom is 0.193 e. The molecule has 2 aromatic heterocycles. The average molecular weight is 357 g/mol. The quantitative estimate of drug-likeness (QED) is 0.797. The first-order chi connectivity index (χ1) is 7.74. The molecule has 17 heavy (non-hydrogen) atoms. The molecule has 0 aliphatic heterocycles. The standard InChI is InChI=1S/C11H11BrClNOS.ClH/c12-10-3-2-9(16-10)5-6-14-7-8-1-4-11(13)15-8;/h1-4,14H,5-7H2;1H. The molecule has 6 heteroatoms. The fraction of sp³-hybridized carbons (Fsp3) is 0.273. The molecule has 0 aliphatic rings. The minimum atomic E-state index is 0. The summed E-state index contributed by atoms with van der Waals surface area (Å²) in [4.78, 5) is 1.37. The predicted molar refractivity (Wildman–Crippen MR) is 78.4 cm³/mol. The number of rotatable bonds is 5. The van der Waals surface area contributed by atoms with Gasteiger partial charge in [0.2, 0.25) is 0 Å². The van der Waals surface area contributed by atoms with Crippen molar-refractivity contribution in [3.8, 4) is 0 Å². The highest BCUT2D eigenvalue weighted by atomic mass is 79.9. The minimum Gasteiger partial charge on any atom is -0.448 e. The van der Waals surface area contributed by atoms with E-state index in [4.69, 9.17) is 16.0 Å². The molecule has 0 radical (unpaired) electrons. The first kappa shape index (κ1) is 15.1. The second-order valence-electron chi connectivity index (χ2n) is 3.34. The van der Waals surface area contributed by atoms with Crippen molar-refractivity contribution >= 4 is 51.3 Å². The van der Waals surface area contributed by atoms with E-state index in [1.54, 1.807) is 17.4 Å². The Morgan fingerprint density at radius 3 is 2.71 bits per heavy atom. The molecule has 1 N–H and O–H groups in total. The lowest BCUT2D eigenvalue weighted by Gasteiger charge is -2.00. The summed E-state index contributed by atoms with van der Waals surface area (Å²) in [6.07, 6.45) is 1.03. The number of nitrogens with one attached hydrogen (secondary N) is 1. The van der Waals surface area contributed by atoms with E-state index in [0.717, 1.165) is 25.3 Å². The lowest BCUT2D eigenvalue weighted by Crippen LogP contribution is -2.15. The molecule has 2 rings (SSSR count). The molecule has 0 saturated heterocycles. The van der Waals surface area contributed by atoms with E-state index in [9.17, 15) is 0 Å². The molecule has 0 bridgehead atoms. The number of halogens is 3. The largest absolute Gasteiger partial charge is 0.448 e. The van der Waals surface area contributed by atoms with Crippen LogP contribution in [0.3, 0.4) is 0 Å². The van der Waals surface area contributed by atoms with Crippen LogP contribution in [0.15, 0.2) is 32.5 Å². The molecule has 0 aliphatic carbocycles. The van der Waals surface area contributed by atoms with Crippen LogP contribution in [-0.4, -0.2) is 6.54 Å². The monoisotopic (exact) mass is 355 g/mol. The summed E-state index contributed by atoms with van der Waals surface area (Å²) in [5.74, 6) is 0.873. The van der Waals surface area contributed by atoms with E-state index in [-0.39, 0.29) is 12.4 Å². The van der Waals surface area contributed by atoms with Crippen LogP contribution in [0.25, 0.3) is 0 Å². The highest BCUT2D eigenvalue weighted by molar-refractivity contribution is 9.11. The molecular weight excluding hydrogens is 345 g/mol. The third-order valence-electron chi connectivity index (χ3n) is 2.11. The van der Waals surface area contributed by atoms with Gasteiger partial charge < -0.3 is 9.73 Å². The van der Waals surface area contributed by atoms with Crippen LogP contribution in [0.5, 0.6) is 0 Å². The van der Waals surface area contributed by atoms with Crippen LogP contribution in [0.1, 0.15) is 10.6 Å². The normalized spacial score (nSPS) is 10.2. The third kappa shape index (κ3) is 5.02. The molecule has 2 nitrogen and oxygen atoms in total. The highest BCUT2D eigenvalue weighted by Crippen LogP contribution is 2.22. The summed E-state index contributed by atoms with van der Waals surface area (Å²) in [7, 11) is 0. The number of hydrogen-bond donors (Lipinski definition) is 1. The van der Waals surface area contributed by atoms with E-state index in [2.05, 4.69) is 33.4 Å². The van der Waals surface area contributed by atoms with Crippen LogP contribution >= 0.6 is 51.3 Å². The van der Waals surface area contributed by atoms with Crippen LogP contribution in [0, 0.1) is 0 Å². The molecule has 2 aromatic rings. The second-order valence-corrected chi connectivity index (χ2v) is 6.26. The van der Waals surface area contributed by atoms with Gasteiger partial charge in [-0.25, -0.2) is 0 Å². The maximum atomic E-state index is 5.67. The van der Waals surface area contributed by atoms with Crippen LogP contribution < -0.4 is 5.32 Å². The summed E-state index contributed by atoms with van der Waals surface area (Å²) < 4.78 is 6.42. The Kier molecular flexibility index (Phi) is 6.59. The van der Waals surface area contributed by atoms with Gasteiger partial charge in [0.05, 0.1) is 10.3 Å². The Labute approximate surface area is 124 Å². The summed E-state index contributed by atoms with van der Waals surface area (Å²) >= 11 is 10.9. The van der Waals surface area contributed by atoms with Crippen molar-refractivity contribution in [2.75, 3.05) is 6.54 Å². The van der Waals surface area contributed by atoms with Crippen molar-refractivity contribution in [1.29, 1.82) is 0 Å². The van der Waals surface area contributed by atoms with Crippen molar-refractivity contribution in [3.63, 3.8) is 0 Å². The molecule has 2 heterocycles. The first-order valence-electron chi connectivity index (χ1n) is 4.93. The summed E-state index contributed by atoms with van der Waals surface area (Å²) in [6.45, 7) is 1.66. The van der Waals surface area contributed by atoms with Crippen molar-refractivity contribution in [3.05, 3.63) is 43.9 Å². The maximum absolute atomic E-state index is 5.67. The predicted octanol–water partition coefficient (Wildman–Crippen LogP) is 4.51. The lowest BCUT2D eigenvalue weighted by molar-refractivity contribution is 0.486. The fourth-order valence-electron chi connectivity index (χ4n) is 1.36. The molecule has 0 unspecified atom stereocenters. The van der Waals surface area contributed by atoms with Gasteiger partial charge in [0, 0.05) is 11.4 Å². The number of thiophene rings is 1. The molecule has 0 fully saturated rings. The Hall–Kier alpha value is -0.000000000000000139. The first-order valence-corrected chi connectivity index (χ1v) is 6.92. The average Bonchev–Trinajstić information content (AvgIpc) is 2.83. The molecule has 0 spiro atoms. The Morgan fingerprint density at radius 2 is 2.12 bits per heavy atom. The van der Waals surface area contributed by atoms with Gasteiger partial charge >= 0.3 is 0 Å². The third-order valence-corrected chi connectivity index (χ3v) is 3.99. The zero-order chi connectivity index (χ0) is 11.4. The topological polar surface area (TPSA) is 25.2 Å². The summed E-state index contributed by atoms with van der Waals surface area (Å²) in [6, 6.07) is 7.86. The van der Waals surface area contributed by atoms with E-state index in [0.29, 0.717) is 5.22 Å². The zero-order valence-electron chi connectivity index (χ0n) is 8.91. The zero-order valence-corrected chi connectivity index (χ0v) is 12.9. The van der Waals surface area contributed by atoms with Gasteiger partial charge in [-0.2, -0.15) is 0 Å². The van der Waals surface area contributed by atoms with Crippen molar-refractivity contribution in [2.24, 2.45) is 0 Å². The SMILES string of the molecule is Cl.Clc1ccc(CNCCc2ccc(Br)s2)o1. The summed E-state index contributed by atoms with van der Waals surface area (Å²) in [5.41, 5.74) is 0. The number of furan rings is 1. The smallest absolute Gasteiger partial charge is 0.193 e. The Balaban J connectivity index is 0.00000144. The van der Waals surface area contributed by atoms with Gasteiger partial charge in [0.1, 0.15) is 5.76 Å². The molecular formula is C11H12BrCl2NOS. The van der Waals surface area contributed by atoms with Crippen molar-refractivity contribution in [2.45, 2.75) is 13.0 Å². The van der Waals surface area contributed by atoms with Gasteiger partial charge in [0.15, 0.2) is 5.22 Å². The van der Waals surface area contributed by atoms with Crippen molar-refractivity contribution < 1.29 is 4.42 Å². The summed E-state index contributed by atoms with van der Waals surface area (Å²) in [5, 5.41) is 3.76. The lowest BCUT2D eigenvalue weighted by atomic mass is 10.3. The van der Waals surface area contributed by atoms with E-state index in [1.807, 2.05) is 6.07 Å². The number of hydrogen-bond acceptors (Lipinski definition) is 3. The van der Waals surface area contributed by atoms with Gasteiger partial charge in [-0.05, 0) is 58.2 Å². The van der Waals surface area contributed by atoms with Gasteiger partial charge in [0.25, 0.3) is 0 Å². The molecule has 0 atom stereocenters. The van der Waals surface area contributed by atoms with Crippen LogP contribution in [-0.2, 0) is 13.0 Å². The Morgan fingerprint density at radius 1 is 1.29 bits per heavy atom. The van der Waals surface area contributed by atoms with Gasteiger partial charge in [-0.15, -0.1) is 23.7 Å². The van der Waals surface area contributed by atoms with Gasteiger partial charge in [-0.1, -0.05) is 0 Å². The Bertz CT molecular complexity index is 416.